The van der Waals surface area contributed by atoms with Gasteiger partial charge in [0.05, 0.1) is 11.6 Å². The predicted molar refractivity (Wildman–Crippen MR) is 64.6 cm³/mol. The van der Waals surface area contributed by atoms with Gasteiger partial charge in [-0.2, -0.15) is 0 Å². The first-order chi connectivity index (χ1) is 8.11. The van der Waals surface area contributed by atoms with E-state index in [1.54, 1.807) is 12.1 Å². The number of rotatable bonds is 3. The highest BCUT2D eigenvalue weighted by atomic mass is 79.9. The zero-order valence-corrected chi connectivity index (χ0v) is 10.7. The van der Waals surface area contributed by atoms with Crippen molar-refractivity contribution in [1.82, 2.24) is 10.2 Å². The average molecular weight is 300 g/mol. The third-order valence-electron chi connectivity index (χ3n) is 2.36. The third-order valence-corrected chi connectivity index (χ3v) is 2.85. The molecule has 0 amide bonds. The Morgan fingerprint density at radius 3 is 2.94 bits per heavy atom. The molecule has 6 heteroatoms. The maximum atomic E-state index is 13.6. The quantitative estimate of drug-likeness (QED) is 0.946. The van der Waals surface area contributed by atoms with Crippen molar-refractivity contribution in [2.24, 2.45) is 5.73 Å². The van der Waals surface area contributed by atoms with Crippen LogP contribution in [0.2, 0.25) is 0 Å². The van der Waals surface area contributed by atoms with Crippen LogP contribution in [0.1, 0.15) is 25.3 Å². The van der Waals surface area contributed by atoms with Crippen molar-refractivity contribution in [1.29, 1.82) is 0 Å². The highest BCUT2D eigenvalue weighted by Gasteiger charge is 2.16. The summed E-state index contributed by atoms with van der Waals surface area (Å²) in [4.78, 5) is 0. The van der Waals surface area contributed by atoms with Gasteiger partial charge < -0.3 is 10.2 Å². The molecular weight excluding hydrogens is 289 g/mol. The van der Waals surface area contributed by atoms with Gasteiger partial charge in [0.1, 0.15) is 5.82 Å². The van der Waals surface area contributed by atoms with E-state index in [1.165, 1.54) is 6.07 Å². The molecule has 0 aliphatic heterocycles. The summed E-state index contributed by atoms with van der Waals surface area (Å²) in [6.45, 7) is 1.91. The molecule has 4 nitrogen and oxygen atoms in total. The Morgan fingerprint density at radius 1 is 1.47 bits per heavy atom. The van der Waals surface area contributed by atoms with Gasteiger partial charge in [0, 0.05) is 4.47 Å². The fourth-order valence-corrected chi connectivity index (χ4v) is 1.69. The van der Waals surface area contributed by atoms with Gasteiger partial charge in [-0.15, -0.1) is 10.2 Å². The zero-order valence-electron chi connectivity index (χ0n) is 9.15. The predicted octanol–water partition coefficient (Wildman–Crippen LogP) is 3.05. The Bertz CT molecular complexity index is 529. The second-order valence-corrected chi connectivity index (χ2v) is 4.50. The van der Waals surface area contributed by atoms with Crippen LogP contribution in [0, 0.1) is 5.82 Å². The minimum Gasteiger partial charge on any atom is -0.419 e. The molecule has 90 valence electrons. The number of benzene rings is 1. The van der Waals surface area contributed by atoms with Crippen molar-refractivity contribution >= 4 is 15.9 Å². The summed E-state index contributed by atoms with van der Waals surface area (Å²) >= 11 is 3.26. The molecule has 1 unspecified atom stereocenters. The molecule has 1 aromatic carbocycles. The first-order valence-corrected chi connectivity index (χ1v) is 5.95. The van der Waals surface area contributed by atoms with Crippen LogP contribution in [0.5, 0.6) is 0 Å². The number of aromatic nitrogens is 2. The summed E-state index contributed by atoms with van der Waals surface area (Å²) in [5.41, 5.74) is 6.02. The second kappa shape index (κ2) is 4.93. The molecule has 17 heavy (non-hydrogen) atoms. The highest BCUT2D eigenvalue weighted by molar-refractivity contribution is 9.10. The van der Waals surface area contributed by atoms with Crippen LogP contribution in [0.15, 0.2) is 27.1 Å². The Labute approximate surface area is 106 Å². The van der Waals surface area contributed by atoms with E-state index in [9.17, 15) is 4.39 Å². The van der Waals surface area contributed by atoms with Crippen LogP contribution in [0.3, 0.4) is 0 Å². The molecular formula is C11H11BrFN3O. The molecule has 0 spiro atoms. The number of halogens is 2. The molecule has 0 aliphatic rings. The maximum Gasteiger partial charge on any atom is 0.250 e. The smallest absolute Gasteiger partial charge is 0.250 e. The van der Waals surface area contributed by atoms with Crippen molar-refractivity contribution in [2.45, 2.75) is 19.4 Å². The van der Waals surface area contributed by atoms with E-state index in [4.69, 9.17) is 10.2 Å². The number of nitrogens with two attached hydrogens (primary N) is 1. The van der Waals surface area contributed by atoms with Gasteiger partial charge in [0.25, 0.3) is 5.89 Å². The molecule has 2 N–H and O–H groups in total. The minimum atomic E-state index is -0.409. The maximum absolute atomic E-state index is 13.6. The van der Waals surface area contributed by atoms with Crippen LogP contribution < -0.4 is 5.73 Å². The molecule has 0 fully saturated rings. The van der Waals surface area contributed by atoms with Crippen molar-refractivity contribution in [3.63, 3.8) is 0 Å². The lowest BCUT2D eigenvalue weighted by atomic mass is 10.2. The average Bonchev–Trinajstić information content (AvgIpc) is 2.80. The van der Waals surface area contributed by atoms with Crippen LogP contribution in [-0.2, 0) is 0 Å². The van der Waals surface area contributed by atoms with E-state index in [2.05, 4.69) is 26.1 Å². The summed E-state index contributed by atoms with van der Waals surface area (Å²) in [7, 11) is 0. The van der Waals surface area contributed by atoms with E-state index >= 15 is 0 Å². The third kappa shape index (κ3) is 2.53. The molecule has 2 aromatic rings. The van der Waals surface area contributed by atoms with Gasteiger partial charge in [-0.1, -0.05) is 22.9 Å². The first-order valence-electron chi connectivity index (χ1n) is 5.16. The SMILES string of the molecule is CCC(N)c1nnc(-c2cc(Br)ccc2F)o1. The van der Waals surface area contributed by atoms with Gasteiger partial charge in [-0.05, 0) is 24.6 Å². The number of nitrogens with zero attached hydrogens (tertiary/aromatic N) is 2. The first kappa shape index (κ1) is 12.2. The Balaban J connectivity index is 2.40. The Kier molecular flexibility index (Phi) is 3.54. The second-order valence-electron chi connectivity index (χ2n) is 3.58. The Morgan fingerprint density at radius 2 is 2.24 bits per heavy atom. The highest BCUT2D eigenvalue weighted by Crippen LogP contribution is 2.26. The van der Waals surface area contributed by atoms with Gasteiger partial charge >= 0.3 is 0 Å². The molecule has 1 aromatic heterocycles. The van der Waals surface area contributed by atoms with Crippen molar-refractivity contribution < 1.29 is 8.81 Å². The minimum absolute atomic E-state index is 0.141. The summed E-state index contributed by atoms with van der Waals surface area (Å²) in [5, 5.41) is 7.61. The lowest BCUT2D eigenvalue weighted by Crippen LogP contribution is -2.08. The van der Waals surface area contributed by atoms with E-state index < -0.39 is 5.82 Å². The van der Waals surface area contributed by atoms with Gasteiger partial charge in [-0.3, -0.25) is 0 Å². The standard InChI is InChI=1S/C11H11BrFN3O/c1-2-9(14)11-16-15-10(17-11)7-5-6(12)3-4-8(7)13/h3-5,9H,2,14H2,1H3. The van der Waals surface area contributed by atoms with Crippen LogP contribution in [0.4, 0.5) is 4.39 Å². The summed E-state index contributed by atoms with van der Waals surface area (Å²) in [6, 6.07) is 4.22. The van der Waals surface area contributed by atoms with Gasteiger partial charge in [0.2, 0.25) is 5.89 Å². The molecule has 0 saturated carbocycles. The normalized spacial score (nSPS) is 12.7. The van der Waals surface area contributed by atoms with E-state index in [0.29, 0.717) is 12.3 Å². The number of hydrogen-bond acceptors (Lipinski definition) is 4. The Hall–Kier alpha value is -1.27. The van der Waals surface area contributed by atoms with Gasteiger partial charge in [-0.25, -0.2) is 4.39 Å². The molecule has 0 aliphatic carbocycles. The fraction of sp³-hybridized carbons (Fsp3) is 0.273. The summed E-state index contributed by atoms with van der Waals surface area (Å²) in [6.07, 6.45) is 0.683. The summed E-state index contributed by atoms with van der Waals surface area (Å²) < 4.78 is 19.7. The van der Waals surface area contributed by atoms with Crippen molar-refractivity contribution in [2.75, 3.05) is 0 Å². The lowest BCUT2D eigenvalue weighted by Gasteiger charge is -2.01. The van der Waals surface area contributed by atoms with Crippen molar-refractivity contribution in [3.8, 4) is 11.5 Å². The molecule has 1 atom stereocenters. The zero-order chi connectivity index (χ0) is 12.4. The molecule has 1 heterocycles. The monoisotopic (exact) mass is 299 g/mol. The topological polar surface area (TPSA) is 64.9 Å². The molecule has 0 saturated heterocycles. The van der Waals surface area contributed by atoms with E-state index in [-0.39, 0.29) is 17.5 Å². The largest absolute Gasteiger partial charge is 0.419 e. The molecule has 0 radical (unpaired) electrons. The van der Waals surface area contributed by atoms with E-state index in [1.807, 2.05) is 6.92 Å². The van der Waals surface area contributed by atoms with Gasteiger partial charge in [0.15, 0.2) is 0 Å². The van der Waals surface area contributed by atoms with Crippen LogP contribution in [-0.4, -0.2) is 10.2 Å². The van der Waals surface area contributed by atoms with Crippen LogP contribution in [0.25, 0.3) is 11.5 Å². The van der Waals surface area contributed by atoms with Crippen LogP contribution >= 0.6 is 15.9 Å². The van der Waals surface area contributed by atoms with E-state index in [0.717, 1.165) is 4.47 Å². The van der Waals surface area contributed by atoms with Crippen molar-refractivity contribution in [3.05, 3.63) is 34.4 Å². The fourth-order valence-electron chi connectivity index (χ4n) is 1.33. The molecule has 0 bridgehead atoms. The lowest BCUT2D eigenvalue weighted by molar-refractivity contribution is 0.450. The summed E-state index contributed by atoms with van der Waals surface area (Å²) in [5.74, 6) is 0.0537. The number of hydrogen-bond donors (Lipinski definition) is 1. The molecule has 2 rings (SSSR count).